The zero-order valence-electron chi connectivity index (χ0n) is 18.9. The van der Waals surface area contributed by atoms with E-state index < -0.39 is 17.5 Å². The molecule has 1 N–H and O–H groups in total. The van der Waals surface area contributed by atoms with Crippen molar-refractivity contribution in [3.63, 3.8) is 0 Å². The number of benzene rings is 2. The van der Waals surface area contributed by atoms with Gasteiger partial charge in [0.1, 0.15) is 17.6 Å². The molecule has 186 valence electrons. The Kier molecular flexibility index (Phi) is 6.53. The van der Waals surface area contributed by atoms with Crippen LogP contribution in [0.1, 0.15) is 24.8 Å². The van der Waals surface area contributed by atoms with Crippen LogP contribution in [0, 0.1) is 23.2 Å². The van der Waals surface area contributed by atoms with Crippen molar-refractivity contribution in [1.29, 1.82) is 5.41 Å². The maximum atomic E-state index is 12.7. The summed E-state index contributed by atoms with van der Waals surface area (Å²) in [6, 6.07) is 11.9. The number of fused-ring (bicyclic) bond motifs is 1. The van der Waals surface area contributed by atoms with Crippen molar-refractivity contribution in [3.8, 4) is 11.5 Å². The number of Topliss-reactive ketones (excluding diaryl/α,β-unsaturated/α-hetero) is 1. The van der Waals surface area contributed by atoms with Crippen LogP contribution in [0.4, 0.5) is 13.2 Å². The quantitative estimate of drug-likeness (QED) is 0.480. The van der Waals surface area contributed by atoms with Gasteiger partial charge in [0.25, 0.3) is 0 Å². The fourth-order valence-electron chi connectivity index (χ4n) is 5.53. The maximum Gasteiger partial charge on any atom is 0.416 e. The second kappa shape index (κ2) is 9.47. The Hall–Kier alpha value is -2.58. The summed E-state index contributed by atoms with van der Waals surface area (Å²) in [7, 11) is 0. The summed E-state index contributed by atoms with van der Waals surface area (Å²) in [6.45, 7) is 1.40. The molecule has 0 aromatic heterocycles. The van der Waals surface area contributed by atoms with E-state index in [0.29, 0.717) is 22.9 Å². The molecule has 0 spiro atoms. The lowest BCUT2D eigenvalue weighted by molar-refractivity contribution is -0.137. The van der Waals surface area contributed by atoms with Gasteiger partial charge in [0.05, 0.1) is 11.3 Å². The van der Waals surface area contributed by atoms with Crippen molar-refractivity contribution >= 4 is 23.1 Å². The first-order chi connectivity index (χ1) is 16.7. The van der Waals surface area contributed by atoms with Gasteiger partial charge in [-0.05, 0) is 79.6 Å². The molecular weight excluding hydrogens is 481 g/mol. The zero-order chi connectivity index (χ0) is 24.7. The molecule has 0 amide bonds. The molecule has 2 saturated carbocycles. The highest BCUT2D eigenvalue weighted by molar-refractivity contribution is 6.40. The number of carbonyl (C=O) groups excluding carboxylic acids is 1. The average Bonchev–Trinajstić information content (AvgIpc) is 3.32. The van der Waals surface area contributed by atoms with Crippen LogP contribution in [0.3, 0.4) is 0 Å². The van der Waals surface area contributed by atoms with Crippen LogP contribution in [-0.4, -0.2) is 48.2 Å². The smallest absolute Gasteiger partial charge is 0.416 e. The molecule has 2 aromatic rings. The lowest BCUT2D eigenvalue weighted by Gasteiger charge is -2.26. The second-order valence-corrected chi connectivity index (χ2v) is 10.0. The van der Waals surface area contributed by atoms with Gasteiger partial charge in [-0.1, -0.05) is 11.6 Å². The summed E-state index contributed by atoms with van der Waals surface area (Å²) in [6.07, 6.45) is -1.60. The minimum atomic E-state index is -4.42. The Morgan fingerprint density at radius 1 is 1.03 bits per heavy atom. The normalized spacial score (nSPS) is 27.9. The second-order valence-electron chi connectivity index (χ2n) is 9.60. The molecule has 1 aliphatic heterocycles. The van der Waals surface area contributed by atoms with Crippen molar-refractivity contribution in [2.75, 3.05) is 19.7 Å². The van der Waals surface area contributed by atoms with Gasteiger partial charge < -0.3 is 14.9 Å². The van der Waals surface area contributed by atoms with E-state index in [0.717, 1.165) is 50.2 Å². The fourth-order valence-corrected chi connectivity index (χ4v) is 5.66. The highest BCUT2D eigenvalue weighted by Crippen LogP contribution is 2.57. The monoisotopic (exact) mass is 506 g/mol. The first-order valence-corrected chi connectivity index (χ1v) is 12.1. The van der Waals surface area contributed by atoms with Crippen molar-refractivity contribution in [3.05, 3.63) is 59.1 Å². The fraction of sp³-hybridized carbons (Fsp3) is 0.462. The number of ether oxygens (including phenoxy) is 2. The molecular formula is C26H26ClF3N2O3. The predicted octanol–water partition coefficient (Wildman–Crippen LogP) is 5.50. The topological polar surface area (TPSA) is 62.6 Å². The number of hydrogen-bond donors (Lipinski definition) is 1. The van der Waals surface area contributed by atoms with E-state index in [1.54, 1.807) is 0 Å². The molecule has 1 saturated heterocycles. The Bertz CT molecular complexity index is 1090. The number of carbonyl (C=O) groups is 1. The first kappa shape index (κ1) is 24.1. The molecule has 0 radical (unpaired) electrons. The summed E-state index contributed by atoms with van der Waals surface area (Å²) in [5.74, 6) is 1.32. The molecule has 0 bridgehead atoms. The van der Waals surface area contributed by atoms with Crippen LogP contribution < -0.4 is 9.47 Å². The Morgan fingerprint density at radius 2 is 1.71 bits per heavy atom. The van der Waals surface area contributed by atoms with Gasteiger partial charge in [-0.15, -0.1) is 0 Å². The number of ketones is 1. The van der Waals surface area contributed by atoms with E-state index >= 15 is 0 Å². The van der Waals surface area contributed by atoms with Crippen LogP contribution >= 0.6 is 11.6 Å². The molecule has 3 fully saturated rings. The largest absolute Gasteiger partial charge is 0.489 e. The number of likely N-dealkylation sites (tertiary alicyclic amines) is 1. The molecule has 5 nitrogen and oxygen atoms in total. The Morgan fingerprint density at radius 3 is 2.40 bits per heavy atom. The number of nitrogens with one attached hydrogen (secondary N) is 1. The molecule has 9 heteroatoms. The van der Waals surface area contributed by atoms with Crippen molar-refractivity contribution in [2.45, 2.75) is 37.6 Å². The minimum absolute atomic E-state index is 0.0695. The third kappa shape index (κ3) is 5.33. The number of alkyl halides is 3. The summed E-state index contributed by atoms with van der Waals surface area (Å²) in [4.78, 5) is 15.1. The zero-order valence-corrected chi connectivity index (χ0v) is 19.7. The number of hydrogen-bond acceptors (Lipinski definition) is 5. The summed E-state index contributed by atoms with van der Waals surface area (Å²) in [5.41, 5.74) is -0.705. The number of rotatable bonds is 8. The Labute approximate surface area is 206 Å². The van der Waals surface area contributed by atoms with E-state index in [2.05, 4.69) is 4.90 Å². The van der Waals surface area contributed by atoms with Crippen LogP contribution in [0.25, 0.3) is 0 Å². The van der Waals surface area contributed by atoms with Crippen molar-refractivity contribution in [2.24, 2.45) is 17.8 Å². The predicted molar refractivity (Wildman–Crippen MR) is 125 cm³/mol. The summed E-state index contributed by atoms with van der Waals surface area (Å²) < 4.78 is 49.6. The van der Waals surface area contributed by atoms with Gasteiger partial charge in [-0.2, -0.15) is 13.2 Å². The van der Waals surface area contributed by atoms with E-state index in [1.165, 1.54) is 12.1 Å². The molecule has 5 atom stereocenters. The number of halogens is 4. The highest BCUT2D eigenvalue weighted by atomic mass is 35.5. The summed E-state index contributed by atoms with van der Waals surface area (Å²) >= 11 is 5.94. The average molecular weight is 507 g/mol. The van der Waals surface area contributed by atoms with Gasteiger partial charge >= 0.3 is 6.18 Å². The maximum absolute atomic E-state index is 12.7. The van der Waals surface area contributed by atoms with Gasteiger partial charge in [0.2, 0.25) is 5.78 Å². The van der Waals surface area contributed by atoms with E-state index in [-0.39, 0.29) is 30.1 Å². The lowest BCUT2D eigenvalue weighted by Crippen LogP contribution is -2.37. The molecule has 2 aromatic carbocycles. The van der Waals surface area contributed by atoms with Crippen molar-refractivity contribution < 1.29 is 27.4 Å². The van der Waals surface area contributed by atoms with Gasteiger partial charge in [0, 0.05) is 30.1 Å². The van der Waals surface area contributed by atoms with Gasteiger partial charge in [0.15, 0.2) is 6.61 Å². The van der Waals surface area contributed by atoms with Gasteiger partial charge in [-0.25, -0.2) is 0 Å². The first-order valence-electron chi connectivity index (χ1n) is 11.8. The standard InChI is InChI=1S/C26H26ClF3N2O3/c27-16-3-7-18(8-4-16)35-19-9-10-32(13-19)23-12-22(20-11-21(20)23)25(31)24(33)14-34-17-5-1-15(2-6-17)26(28,29)30/h1-8,19-23,31H,9-14H2/t19?,20?,21?,22-,23+/m1/s1. The van der Waals surface area contributed by atoms with Crippen LogP contribution in [0.2, 0.25) is 5.02 Å². The van der Waals surface area contributed by atoms with Crippen LogP contribution in [-0.2, 0) is 11.0 Å². The third-order valence-corrected chi connectivity index (χ3v) is 7.63. The molecule has 35 heavy (non-hydrogen) atoms. The van der Waals surface area contributed by atoms with Crippen LogP contribution in [0.5, 0.6) is 11.5 Å². The molecule has 3 aliphatic rings. The lowest BCUT2D eigenvalue weighted by atomic mass is 9.93. The third-order valence-electron chi connectivity index (χ3n) is 7.38. The number of nitrogens with zero attached hydrogens (tertiary/aromatic N) is 1. The molecule has 1 heterocycles. The van der Waals surface area contributed by atoms with E-state index in [1.807, 2.05) is 24.3 Å². The van der Waals surface area contributed by atoms with E-state index in [9.17, 15) is 18.0 Å². The molecule has 3 unspecified atom stereocenters. The van der Waals surface area contributed by atoms with Crippen molar-refractivity contribution in [1.82, 2.24) is 4.90 Å². The van der Waals surface area contributed by atoms with Gasteiger partial charge in [-0.3, -0.25) is 9.69 Å². The van der Waals surface area contributed by atoms with Crippen LogP contribution in [0.15, 0.2) is 48.5 Å². The summed E-state index contributed by atoms with van der Waals surface area (Å²) in [5, 5.41) is 9.14. The highest BCUT2D eigenvalue weighted by Gasteiger charge is 2.58. The van der Waals surface area contributed by atoms with E-state index in [4.69, 9.17) is 26.5 Å². The molecule has 2 aliphatic carbocycles. The minimum Gasteiger partial charge on any atom is -0.489 e. The SMILES string of the molecule is N=C(C(=O)COc1ccc(C(F)(F)F)cc1)[C@@H]1C[C@H](N2CCC(Oc3ccc(Cl)cc3)C2)C2CC21. The molecule has 5 rings (SSSR count). The Balaban J connectivity index is 1.11.